The smallest absolute Gasteiger partial charge is 0.344 e. The molecule has 0 aliphatic carbocycles. The molecule has 0 aliphatic rings. The zero-order valence-electron chi connectivity index (χ0n) is 10.7. The number of amides is 1. The summed E-state index contributed by atoms with van der Waals surface area (Å²) >= 11 is 0. The first-order valence-corrected chi connectivity index (χ1v) is 5.78. The van der Waals surface area contributed by atoms with Gasteiger partial charge in [0.1, 0.15) is 11.6 Å². The topological polar surface area (TPSA) is 72.9 Å². The molecule has 0 spiro atoms. The molecular formula is C13H15FN4O. The molecule has 1 aromatic heterocycles. The molecule has 0 aliphatic heterocycles. The van der Waals surface area contributed by atoms with E-state index in [1.54, 1.807) is 12.1 Å². The summed E-state index contributed by atoms with van der Waals surface area (Å²) in [6.07, 6.45) is 1.44. The molecule has 2 aromatic rings. The number of nitrogens with zero attached hydrogens (tertiary/aromatic N) is 2. The number of hydrogen-bond donors (Lipinski definition) is 2. The molecule has 5 nitrogen and oxygen atoms in total. The van der Waals surface area contributed by atoms with Crippen LogP contribution in [-0.4, -0.2) is 15.8 Å². The number of rotatable bonds is 2. The lowest BCUT2D eigenvalue weighted by atomic mass is 9.94. The highest BCUT2D eigenvalue weighted by molar-refractivity contribution is 5.79. The highest BCUT2D eigenvalue weighted by Gasteiger charge is 2.24. The van der Waals surface area contributed by atoms with Gasteiger partial charge in [-0.2, -0.15) is 9.78 Å². The van der Waals surface area contributed by atoms with Gasteiger partial charge in [0, 0.05) is 6.07 Å². The quantitative estimate of drug-likeness (QED) is 0.870. The van der Waals surface area contributed by atoms with Crippen LogP contribution in [-0.2, 0) is 5.54 Å². The van der Waals surface area contributed by atoms with Crippen molar-refractivity contribution in [2.75, 3.05) is 5.73 Å². The van der Waals surface area contributed by atoms with E-state index in [4.69, 9.17) is 5.73 Å². The van der Waals surface area contributed by atoms with E-state index >= 15 is 0 Å². The normalized spacial score (nSPS) is 11.3. The predicted molar refractivity (Wildman–Crippen MR) is 70.0 cm³/mol. The molecule has 2 rings (SSSR count). The lowest BCUT2D eigenvalue weighted by Gasteiger charge is -2.26. The van der Waals surface area contributed by atoms with E-state index in [1.807, 2.05) is 13.8 Å². The maximum Gasteiger partial charge on any atom is 0.344 e. The first-order valence-electron chi connectivity index (χ1n) is 5.78. The predicted octanol–water partition coefficient (Wildman–Crippen LogP) is 2.10. The van der Waals surface area contributed by atoms with Crippen molar-refractivity contribution >= 4 is 11.8 Å². The molecule has 0 radical (unpaired) electrons. The van der Waals surface area contributed by atoms with Crippen LogP contribution < -0.4 is 11.1 Å². The van der Waals surface area contributed by atoms with Crippen LogP contribution in [0.1, 0.15) is 19.4 Å². The number of carbonyl (C=O) groups excluding carboxylic acids is 1. The van der Waals surface area contributed by atoms with Gasteiger partial charge in [0.25, 0.3) is 0 Å². The Kier molecular flexibility index (Phi) is 3.25. The Morgan fingerprint density at radius 1 is 1.32 bits per heavy atom. The Morgan fingerprint density at radius 2 is 1.95 bits per heavy atom. The molecule has 0 unspecified atom stereocenters. The lowest BCUT2D eigenvalue weighted by Crippen LogP contribution is -2.43. The summed E-state index contributed by atoms with van der Waals surface area (Å²) < 4.78 is 14.0. The molecule has 19 heavy (non-hydrogen) atoms. The van der Waals surface area contributed by atoms with E-state index in [1.165, 1.54) is 24.4 Å². The molecular weight excluding hydrogens is 247 g/mol. The molecule has 3 N–H and O–H groups in total. The number of halogens is 1. The highest BCUT2D eigenvalue weighted by Crippen LogP contribution is 2.20. The van der Waals surface area contributed by atoms with Gasteiger partial charge in [-0.25, -0.2) is 9.18 Å². The van der Waals surface area contributed by atoms with Crippen molar-refractivity contribution in [2.45, 2.75) is 19.4 Å². The number of nitrogens with two attached hydrogens (primary N) is 1. The number of anilines is 1. The standard InChI is InChI=1S/C13H15FN4O/c1-13(2,9-3-5-10(14)6-4-9)17-12(19)18-11(15)7-8-16-18/h3-8H,15H2,1-2H3,(H,17,19). The second kappa shape index (κ2) is 4.72. The largest absolute Gasteiger partial charge is 0.383 e. The van der Waals surface area contributed by atoms with Crippen molar-refractivity contribution < 1.29 is 9.18 Å². The lowest BCUT2D eigenvalue weighted by molar-refractivity contribution is 0.229. The van der Waals surface area contributed by atoms with Crippen molar-refractivity contribution in [1.82, 2.24) is 15.1 Å². The molecule has 1 amide bonds. The summed E-state index contributed by atoms with van der Waals surface area (Å²) in [6, 6.07) is 7.06. The zero-order chi connectivity index (χ0) is 14.0. The third-order valence-electron chi connectivity index (χ3n) is 2.85. The Bertz CT molecular complexity index is 589. The molecule has 0 fully saturated rings. The Hall–Kier alpha value is -2.37. The Morgan fingerprint density at radius 3 is 2.47 bits per heavy atom. The minimum atomic E-state index is -0.664. The summed E-state index contributed by atoms with van der Waals surface area (Å²) in [7, 11) is 0. The van der Waals surface area contributed by atoms with Crippen molar-refractivity contribution in [2.24, 2.45) is 0 Å². The minimum absolute atomic E-state index is 0.257. The molecule has 6 heteroatoms. The van der Waals surface area contributed by atoms with Crippen LogP contribution in [0.25, 0.3) is 0 Å². The van der Waals surface area contributed by atoms with Crippen molar-refractivity contribution in [3.05, 3.63) is 47.9 Å². The molecule has 1 aromatic carbocycles. The third-order valence-corrected chi connectivity index (χ3v) is 2.85. The summed E-state index contributed by atoms with van der Waals surface area (Å²) in [4.78, 5) is 12.0. The summed E-state index contributed by atoms with van der Waals surface area (Å²) in [5, 5.41) is 6.62. The zero-order valence-corrected chi connectivity index (χ0v) is 10.7. The first kappa shape index (κ1) is 13.1. The fourth-order valence-corrected chi connectivity index (χ4v) is 1.74. The Labute approximate surface area is 110 Å². The van der Waals surface area contributed by atoms with Gasteiger partial charge in [-0.1, -0.05) is 12.1 Å². The first-order chi connectivity index (χ1) is 8.90. The second-order valence-electron chi connectivity index (χ2n) is 4.73. The van der Waals surface area contributed by atoms with Crippen LogP contribution in [0.4, 0.5) is 15.0 Å². The van der Waals surface area contributed by atoms with Gasteiger partial charge in [-0.05, 0) is 31.5 Å². The van der Waals surface area contributed by atoms with Gasteiger partial charge in [0.05, 0.1) is 11.7 Å². The monoisotopic (exact) mass is 262 g/mol. The fourth-order valence-electron chi connectivity index (χ4n) is 1.74. The maximum absolute atomic E-state index is 12.9. The molecule has 0 saturated carbocycles. The summed E-state index contributed by atoms with van der Waals surface area (Å²) in [5.74, 6) is -0.0606. The van der Waals surface area contributed by atoms with Crippen molar-refractivity contribution in [1.29, 1.82) is 0 Å². The minimum Gasteiger partial charge on any atom is -0.383 e. The van der Waals surface area contributed by atoms with E-state index in [0.717, 1.165) is 10.2 Å². The summed E-state index contributed by atoms with van der Waals surface area (Å²) in [6.45, 7) is 3.63. The van der Waals surface area contributed by atoms with Crippen molar-refractivity contribution in [3.63, 3.8) is 0 Å². The third kappa shape index (κ3) is 2.73. The van der Waals surface area contributed by atoms with E-state index in [9.17, 15) is 9.18 Å². The SMILES string of the molecule is CC(C)(NC(=O)n1nccc1N)c1ccc(F)cc1. The van der Waals surface area contributed by atoms with Crippen molar-refractivity contribution in [3.8, 4) is 0 Å². The summed E-state index contributed by atoms with van der Waals surface area (Å²) in [5.41, 5.74) is 5.73. The Balaban J connectivity index is 2.19. The molecule has 100 valence electrons. The molecule has 0 bridgehead atoms. The van der Waals surface area contributed by atoms with E-state index in [-0.39, 0.29) is 11.6 Å². The number of nitrogen functional groups attached to an aromatic ring is 1. The maximum atomic E-state index is 12.9. The highest BCUT2D eigenvalue weighted by atomic mass is 19.1. The fraction of sp³-hybridized carbons (Fsp3) is 0.231. The molecule has 0 saturated heterocycles. The second-order valence-corrected chi connectivity index (χ2v) is 4.73. The number of nitrogens with one attached hydrogen (secondary N) is 1. The average molecular weight is 262 g/mol. The van der Waals surface area contributed by atoms with Gasteiger partial charge in [0.15, 0.2) is 0 Å². The van der Waals surface area contributed by atoms with Gasteiger partial charge in [0.2, 0.25) is 0 Å². The number of aromatic nitrogens is 2. The van der Waals surface area contributed by atoms with Gasteiger partial charge >= 0.3 is 6.03 Å². The van der Waals surface area contributed by atoms with E-state index in [2.05, 4.69) is 10.4 Å². The number of benzene rings is 1. The average Bonchev–Trinajstić information content (AvgIpc) is 2.75. The molecule has 1 heterocycles. The van der Waals surface area contributed by atoms with Crippen LogP contribution in [0.3, 0.4) is 0 Å². The van der Waals surface area contributed by atoms with Crippen LogP contribution in [0.2, 0.25) is 0 Å². The number of carbonyl (C=O) groups is 1. The van der Waals surface area contributed by atoms with Crippen LogP contribution in [0.5, 0.6) is 0 Å². The number of hydrogen-bond acceptors (Lipinski definition) is 3. The molecule has 0 atom stereocenters. The van der Waals surface area contributed by atoms with Gasteiger partial charge in [-0.3, -0.25) is 0 Å². The van der Waals surface area contributed by atoms with Gasteiger partial charge < -0.3 is 11.1 Å². The van der Waals surface area contributed by atoms with Crippen LogP contribution in [0, 0.1) is 5.82 Å². The van der Waals surface area contributed by atoms with Crippen LogP contribution >= 0.6 is 0 Å². The van der Waals surface area contributed by atoms with Crippen LogP contribution in [0.15, 0.2) is 36.5 Å². The van der Waals surface area contributed by atoms with E-state index < -0.39 is 11.6 Å². The van der Waals surface area contributed by atoms with Gasteiger partial charge in [-0.15, -0.1) is 0 Å². The van der Waals surface area contributed by atoms with E-state index in [0.29, 0.717) is 0 Å².